The highest BCUT2D eigenvalue weighted by atomic mass is 16.5. The molecule has 6 nitrogen and oxygen atoms in total. The molecule has 1 fully saturated rings. The first kappa shape index (κ1) is 18.9. The smallest absolute Gasteiger partial charge is 0.309 e. The molecule has 4 rings (SSSR count). The quantitative estimate of drug-likeness (QED) is 0.489. The van der Waals surface area contributed by atoms with Crippen molar-refractivity contribution < 1.29 is 23.5 Å². The summed E-state index contributed by atoms with van der Waals surface area (Å²) in [6.07, 6.45) is 2.48. The lowest BCUT2D eigenvalue weighted by atomic mass is 9.97. The number of ether oxygens (including phenoxy) is 1. The van der Waals surface area contributed by atoms with Crippen LogP contribution in [0.3, 0.4) is 0 Å². The molecule has 0 atom stereocenters. The van der Waals surface area contributed by atoms with Gasteiger partial charge in [-0.15, -0.1) is 0 Å². The molecule has 148 valence electrons. The normalized spacial score (nSPS) is 14.7. The van der Waals surface area contributed by atoms with Gasteiger partial charge in [0.05, 0.1) is 12.2 Å². The van der Waals surface area contributed by atoms with Crippen LogP contribution in [0.15, 0.2) is 65.3 Å². The number of piperidine rings is 1. The zero-order valence-electron chi connectivity index (χ0n) is 15.9. The second kappa shape index (κ2) is 8.31. The summed E-state index contributed by atoms with van der Waals surface area (Å²) in [5.41, 5.74) is 0.523. The average Bonchev–Trinajstić information content (AvgIpc) is 3.31. The summed E-state index contributed by atoms with van der Waals surface area (Å²) in [5.74, 6) is -0.792. The molecule has 3 aromatic rings. The molecular weight excluding hydrogens is 370 g/mol. The van der Waals surface area contributed by atoms with E-state index in [0.29, 0.717) is 37.3 Å². The number of furan rings is 1. The minimum absolute atomic E-state index is 0.173. The van der Waals surface area contributed by atoms with E-state index in [9.17, 15) is 14.4 Å². The van der Waals surface area contributed by atoms with Crippen LogP contribution in [0.4, 0.5) is 0 Å². The largest absolute Gasteiger partial charge is 0.459 e. The number of Topliss-reactive ketones (excluding diaryl/α,β-unsaturated/α-hetero) is 1. The molecule has 0 aliphatic carbocycles. The van der Waals surface area contributed by atoms with E-state index in [1.54, 1.807) is 23.1 Å². The summed E-state index contributed by atoms with van der Waals surface area (Å²) in [5, 5.41) is 2.02. The van der Waals surface area contributed by atoms with Gasteiger partial charge in [0.1, 0.15) is 0 Å². The van der Waals surface area contributed by atoms with Gasteiger partial charge in [0.25, 0.3) is 5.91 Å². The Morgan fingerprint density at radius 2 is 1.72 bits per heavy atom. The van der Waals surface area contributed by atoms with E-state index in [1.807, 2.05) is 36.4 Å². The lowest BCUT2D eigenvalue weighted by molar-refractivity contribution is -0.148. The molecule has 1 saturated heterocycles. The number of carbonyl (C=O) groups excluding carboxylic acids is 3. The van der Waals surface area contributed by atoms with Crippen molar-refractivity contribution in [3.8, 4) is 0 Å². The second-order valence-electron chi connectivity index (χ2n) is 7.14. The highest BCUT2D eigenvalue weighted by molar-refractivity contribution is 6.01. The fourth-order valence-corrected chi connectivity index (χ4v) is 3.57. The van der Waals surface area contributed by atoms with Crippen LogP contribution in [0.1, 0.15) is 33.8 Å². The van der Waals surface area contributed by atoms with E-state index >= 15 is 0 Å². The molecule has 2 heterocycles. The number of nitrogens with zero attached hydrogens (tertiary/aromatic N) is 1. The van der Waals surface area contributed by atoms with Gasteiger partial charge in [-0.1, -0.05) is 36.4 Å². The molecule has 1 amide bonds. The monoisotopic (exact) mass is 391 g/mol. The van der Waals surface area contributed by atoms with Gasteiger partial charge in [0.2, 0.25) is 0 Å². The summed E-state index contributed by atoms with van der Waals surface area (Å²) >= 11 is 0. The Kier molecular flexibility index (Phi) is 5.42. The van der Waals surface area contributed by atoms with Crippen molar-refractivity contribution >= 4 is 28.4 Å². The van der Waals surface area contributed by atoms with Crippen LogP contribution >= 0.6 is 0 Å². The highest BCUT2D eigenvalue weighted by Gasteiger charge is 2.30. The molecule has 1 aliphatic heterocycles. The van der Waals surface area contributed by atoms with Gasteiger partial charge in [-0.25, -0.2) is 0 Å². The van der Waals surface area contributed by atoms with Crippen LogP contribution in [-0.4, -0.2) is 42.3 Å². The summed E-state index contributed by atoms with van der Waals surface area (Å²) in [6, 6.07) is 16.5. The molecule has 0 bridgehead atoms. The van der Waals surface area contributed by atoms with E-state index < -0.39 is 0 Å². The van der Waals surface area contributed by atoms with Crippen molar-refractivity contribution in [1.29, 1.82) is 0 Å². The number of hydrogen-bond acceptors (Lipinski definition) is 5. The molecule has 0 unspecified atom stereocenters. The maximum Gasteiger partial charge on any atom is 0.309 e. The van der Waals surface area contributed by atoms with E-state index in [1.165, 1.54) is 6.26 Å². The number of ketones is 1. The molecule has 1 aromatic heterocycles. The van der Waals surface area contributed by atoms with Crippen LogP contribution in [0.2, 0.25) is 0 Å². The molecule has 0 spiro atoms. The van der Waals surface area contributed by atoms with Gasteiger partial charge in [-0.05, 0) is 41.8 Å². The van der Waals surface area contributed by atoms with Crippen molar-refractivity contribution in [2.45, 2.75) is 12.8 Å². The highest BCUT2D eigenvalue weighted by Crippen LogP contribution is 2.21. The Hall–Kier alpha value is -3.41. The minimum Gasteiger partial charge on any atom is -0.459 e. The number of carbonyl (C=O) groups is 3. The van der Waals surface area contributed by atoms with Crippen LogP contribution in [0, 0.1) is 5.92 Å². The number of fused-ring (bicyclic) bond motifs is 1. The van der Waals surface area contributed by atoms with Gasteiger partial charge in [0.15, 0.2) is 18.2 Å². The third-order valence-corrected chi connectivity index (χ3v) is 5.26. The maximum atomic E-state index is 12.4. The Morgan fingerprint density at radius 3 is 2.45 bits per heavy atom. The summed E-state index contributed by atoms with van der Waals surface area (Å²) in [4.78, 5) is 38.7. The first-order chi connectivity index (χ1) is 14.1. The minimum atomic E-state index is -0.385. The SMILES string of the molecule is O=C(COC(=O)C1CCN(C(=O)c2ccco2)CC1)c1ccc2ccccc2c1. The topological polar surface area (TPSA) is 76.8 Å². The first-order valence-electron chi connectivity index (χ1n) is 9.63. The van der Waals surface area contributed by atoms with Gasteiger partial charge in [-0.3, -0.25) is 14.4 Å². The third-order valence-electron chi connectivity index (χ3n) is 5.26. The van der Waals surface area contributed by atoms with Crippen LogP contribution in [-0.2, 0) is 9.53 Å². The molecular formula is C23H21NO5. The Morgan fingerprint density at radius 1 is 0.966 bits per heavy atom. The van der Waals surface area contributed by atoms with Crippen molar-refractivity contribution in [3.63, 3.8) is 0 Å². The van der Waals surface area contributed by atoms with Crippen LogP contribution < -0.4 is 0 Å². The number of rotatable bonds is 5. The van der Waals surface area contributed by atoms with Gasteiger partial charge < -0.3 is 14.1 Å². The van der Waals surface area contributed by atoms with Crippen molar-refractivity contribution in [2.24, 2.45) is 5.92 Å². The van der Waals surface area contributed by atoms with E-state index in [4.69, 9.17) is 9.15 Å². The molecule has 0 saturated carbocycles. The molecule has 0 N–H and O–H groups in total. The van der Waals surface area contributed by atoms with Crippen LogP contribution in [0.5, 0.6) is 0 Å². The Balaban J connectivity index is 1.28. The van der Waals surface area contributed by atoms with Crippen molar-refractivity contribution in [3.05, 3.63) is 72.2 Å². The number of likely N-dealkylation sites (tertiary alicyclic amines) is 1. The molecule has 0 radical (unpaired) electrons. The zero-order valence-corrected chi connectivity index (χ0v) is 15.9. The Bertz CT molecular complexity index is 1030. The van der Waals surface area contributed by atoms with Gasteiger partial charge in [0, 0.05) is 18.7 Å². The number of hydrogen-bond donors (Lipinski definition) is 0. The third kappa shape index (κ3) is 4.21. The van der Waals surface area contributed by atoms with Crippen LogP contribution in [0.25, 0.3) is 10.8 Å². The van der Waals surface area contributed by atoms with E-state index in [2.05, 4.69) is 0 Å². The lowest BCUT2D eigenvalue weighted by Gasteiger charge is -2.30. The second-order valence-corrected chi connectivity index (χ2v) is 7.14. The fourth-order valence-electron chi connectivity index (χ4n) is 3.57. The lowest BCUT2D eigenvalue weighted by Crippen LogP contribution is -2.40. The standard InChI is InChI=1S/C23H21NO5/c25-20(19-8-7-16-4-1-2-5-18(16)14-19)15-29-23(27)17-9-11-24(12-10-17)22(26)21-6-3-13-28-21/h1-8,13-14,17H,9-12,15H2. The maximum absolute atomic E-state index is 12.4. The molecule has 6 heteroatoms. The average molecular weight is 391 g/mol. The number of esters is 1. The van der Waals surface area contributed by atoms with Gasteiger partial charge >= 0.3 is 5.97 Å². The van der Waals surface area contributed by atoms with Gasteiger partial charge in [-0.2, -0.15) is 0 Å². The predicted octanol–water partition coefficient (Wildman–Crippen LogP) is 3.71. The van der Waals surface area contributed by atoms with Crippen molar-refractivity contribution in [2.75, 3.05) is 19.7 Å². The van der Waals surface area contributed by atoms with E-state index in [-0.39, 0.29) is 30.2 Å². The van der Waals surface area contributed by atoms with E-state index in [0.717, 1.165) is 10.8 Å². The molecule has 2 aromatic carbocycles. The Labute approximate surface area is 168 Å². The predicted molar refractivity (Wildman–Crippen MR) is 107 cm³/mol. The molecule has 1 aliphatic rings. The van der Waals surface area contributed by atoms with Crippen molar-refractivity contribution in [1.82, 2.24) is 4.90 Å². The summed E-state index contributed by atoms with van der Waals surface area (Å²) < 4.78 is 10.4. The fraction of sp³-hybridized carbons (Fsp3) is 0.261. The number of amides is 1. The summed E-state index contributed by atoms with van der Waals surface area (Å²) in [7, 11) is 0. The number of benzene rings is 2. The zero-order chi connectivity index (χ0) is 20.2. The first-order valence-corrected chi connectivity index (χ1v) is 9.63. The summed E-state index contributed by atoms with van der Waals surface area (Å²) in [6.45, 7) is 0.637. The molecule has 29 heavy (non-hydrogen) atoms.